The Labute approximate surface area is 112 Å². The molecule has 3 heteroatoms. The number of hydrogen-bond donors (Lipinski definition) is 3. The van der Waals surface area contributed by atoms with Gasteiger partial charge in [-0.25, -0.2) is 0 Å². The number of phenols is 1. The number of hydrogen-bond acceptors (Lipinski definition) is 3. The van der Waals surface area contributed by atoms with Gasteiger partial charge >= 0.3 is 0 Å². The molecule has 0 radical (unpaired) electrons. The third-order valence-electron chi connectivity index (χ3n) is 3.11. The molecule has 0 unspecified atom stereocenters. The van der Waals surface area contributed by atoms with Crippen LogP contribution in [0.4, 0.5) is 0 Å². The van der Waals surface area contributed by atoms with Crippen LogP contribution in [0.3, 0.4) is 0 Å². The molecule has 0 bridgehead atoms. The lowest BCUT2D eigenvalue weighted by molar-refractivity contribution is 0.0206. The van der Waals surface area contributed by atoms with Crippen molar-refractivity contribution in [2.75, 3.05) is 0 Å². The Morgan fingerprint density at radius 1 is 0.684 bits per heavy atom. The highest BCUT2D eigenvalue weighted by molar-refractivity contribution is 5.26. The van der Waals surface area contributed by atoms with Gasteiger partial charge in [0.2, 0.25) is 0 Å². The molecule has 0 spiro atoms. The largest absolute Gasteiger partial charge is 0.508 e. The van der Waals surface area contributed by atoms with Crippen molar-refractivity contribution >= 4 is 0 Å². The Hall–Kier alpha value is -1.84. The topological polar surface area (TPSA) is 60.7 Å². The minimum atomic E-state index is -0.815. The minimum Gasteiger partial charge on any atom is -0.508 e. The molecule has 0 fully saturated rings. The number of aliphatic hydroxyl groups is 2. The first kappa shape index (κ1) is 13.6. The zero-order valence-corrected chi connectivity index (χ0v) is 10.6. The predicted molar refractivity (Wildman–Crippen MR) is 74.0 cm³/mol. The molecule has 0 aliphatic rings. The van der Waals surface area contributed by atoms with E-state index in [0.717, 1.165) is 11.1 Å². The van der Waals surface area contributed by atoms with Gasteiger partial charge in [-0.2, -0.15) is 0 Å². The maximum atomic E-state index is 9.99. The first-order valence-corrected chi connectivity index (χ1v) is 6.33. The first-order valence-electron chi connectivity index (χ1n) is 6.33. The van der Waals surface area contributed by atoms with Gasteiger partial charge in [-0.15, -0.1) is 0 Å². The molecule has 3 N–H and O–H groups in total. The van der Waals surface area contributed by atoms with E-state index in [4.69, 9.17) is 0 Å². The standard InChI is InChI=1S/C16H18O3/c17-14-8-6-13(7-9-14)11-16(19)15(18)10-12-4-2-1-3-5-12/h1-9,15-19H,10-11H2/t15-,16-/m1/s1. The lowest BCUT2D eigenvalue weighted by Gasteiger charge is -2.18. The van der Waals surface area contributed by atoms with Crippen LogP contribution in [0.15, 0.2) is 54.6 Å². The van der Waals surface area contributed by atoms with Crippen molar-refractivity contribution in [3.05, 3.63) is 65.7 Å². The third-order valence-corrected chi connectivity index (χ3v) is 3.11. The van der Waals surface area contributed by atoms with E-state index in [2.05, 4.69) is 0 Å². The van der Waals surface area contributed by atoms with Gasteiger partial charge in [-0.1, -0.05) is 42.5 Å². The van der Waals surface area contributed by atoms with Crippen LogP contribution in [0.2, 0.25) is 0 Å². The average Bonchev–Trinajstić information content (AvgIpc) is 2.42. The van der Waals surface area contributed by atoms with Crippen LogP contribution in [0.1, 0.15) is 11.1 Å². The molecule has 0 aliphatic carbocycles. The van der Waals surface area contributed by atoms with Crippen molar-refractivity contribution in [1.82, 2.24) is 0 Å². The summed E-state index contributed by atoms with van der Waals surface area (Å²) in [5, 5.41) is 29.2. The van der Waals surface area contributed by atoms with Crippen LogP contribution in [0.25, 0.3) is 0 Å². The fourth-order valence-electron chi connectivity index (χ4n) is 2.00. The smallest absolute Gasteiger partial charge is 0.115 e. The highest BCUT2D eigenvalue weighted by atomic mass is 16.3. The molecule has 0 heterocycles. The SMILES string of the molecule is Oc1ccc(C[C@@H](O)[C@H](O)Cc2ccccc2)cc1. The summed E-state index contributed by atoms with van der Waals surface area (Å²) in [4.78, 5) is 0. The van der Waals surface area contributed by atoms with Gasteiger partial charge in [-0.05, 0) is 23.3 Å². The molecule has 3 nitrogen and oxygen atoms in total. The van der Waals surface area contributed by atoms with Gasteiger partial charge in [0, 0.05) is 12.8 Å². The third kappa shape index (κ3) is 4.09. The Bertz CT molecular complexity index is 493. The Morgan fingerprint density at radius 2 is 1.16 bits per heavy atom. The van der Waals surface area contributed by atoms with Crippen LogP contribution in [-0.2, 0) is 12.8 Å². The van der Waals surface area contributed by atoms with Crippen LogP contribution in [0, 0.1) is 0 Å². The van der Waals surface area contributed by atoms with E-state index in [1.54, 1.807) is 24.3 Å². The number of phenolic OH excluding ortho intramolecular Hbond substituents is 1. The summed E-state index contributed by atoms with van der Waals surface area (Å²) < 4.78 is 0. The monoisotopic (exact) mass is 258 g/mol. The molecule has 100 valence electrons. The molecule has 2 aromatic carbocycles. The molecular weight excluding hydrogens is 240 g/mol. The second-order valence-corrected chi connectivity index (χ2v) is 4.69. The van der Waals surface area contributed by atoms with Crippen molar-refractivity contribution in [2.45, 2.75) is 25.0 Å². The van der Waals surface area contributed by atoms with E-state index in [-0.39, 0.29) is 5.75 Å². The van der Waals surface area contributed by atoms with E-state index >= 15 is 0 Å². The average molecular weight is 258 g/mol. The molecule has 0 saturated carbocycles. The predicted octanol–water partition coefficient (Wildman–Crippen LogP) is 1.90. The van der Waals surface area contributed by atoms with Crippen LogP contribution >= 0.6 is 0 Å². The van der Waals surface area contributed by atoms with Crippen molar-refractivity contribution < 1.29 is 15.3 Å². The number of benzene rings is 2. The summed E-state index contributed by atoms with van der Waals surface area (Å²) in [5.41, 5.74) is 1.89. The zero-order valence-electron chi connectivity index (χ0n) is 10.6. The summed E-state index contributed by atoms with van der Waals surface area (Å²) in [6, 6.07) is 16.2. The Kier molecular flexibility index (Phi) is 4.55. The number of aromatic hydroxyl groups is 1. The fraction of sp³-hybridized carbons (Fsp3) is 0.250. The molecule has 19 heavy (non-hydrogen) atoms. The second-order valence-electron chi connectivity index (χ2n) is 4.69. The van der Waals surface area contributed by atoms with E-state index < -0.39 is 12.2 Å². The molecule has 0 saturated heterocycles. The normalized spacial score (nSPS) is 14.0. The van der Waals surface area contributed by atoms with Gasteiger partial charge in [0.15, 0.2) is 0 Å². The summed E-state index contributed by atoms with van der Waals surface area (Å²) in [5.74, 6) is 0.197. The van der Waals surface area contributed by atoms with Crippen molar-refractivity contribution in [1.29, 1.82) is 0 Å². The van der Waals surface area contributed by atoms with E-state index in [1.165, 1.54) is 0 Å². The maximum absolute atomic E-state index is 9.99. The number of rotatable bonds is 5. The summed E-state index contributed by atoms with van der Waals surface area (Å²) in [6.07, 6.45) is -0.810. The molecule has 0 aliphatic heterocycles. The van der Waals surface area contributed by atoms with Crippen LogP contribution in [-0.4, -0.2) is 27.5 Å². The van der Waals surface area contributed by atoms with Gasteiger partial charge in [-0.3, -0.25) is 0 Å². The van der Waals surface area contributed by atoms with Crippen molar-refractivity contribution in [3.8, 4) is 5.75 Å². The Morgan fingerprint density at radius 3 is 1.68 bits per heavy atom. The zero-order chi connectivity index (χ0) is 13.7. The highest BCUT2D eigenvalue weighted by Crippen LogP contribution is 2.14. The molecule has 2 aromatic rings. The quantitative estimate of drug-likeness (QED) is 0.767. The highest BCUT2D eigenvalue weighted by Gasteiger charge is 2.17. The van der Waals surface area contributed by atoms with Crippen LogP contribution < -0.4 is 0 Å². The van der Waals surface area contributed by atoms with E-state index in [9.17, 15) is 15.3 Å². The van der Waals surface area contributed by atoms with Gasteiger partial charge in [0.05, 0.1) is 12.2 Å². The fourth-order valence-corrected chi connectivity index (χ4v) is 2.00. The molecule has 2 rings (SSSR count). The lowest BCUT2D eigenvalue weighted by atomic mass is 9.99. The molecular formula is C16H18O3. The maximum Gasteiger partial charge on any atom is 0.115 e. The van der Waals surface area contributed by atoms with Crippen LogP contribution in [0.5, 0.6) is 5.75 Å². The van der Waals surface area contributed by atoms with Gasteiger partial charge < -0.3 is 15.3 Å². The lowest BCUT2D eigenvalue weighted by Crippen LogP contribution is -2.29. The van der Waals surface area contributed by atoms with E-state index in [0.29, 0.717) is 12.8 Å². The van der Waals surface area contributed by atoms with Crippen molar-refractivity contribution in [2.24, 2.45) is 0 Å². The molecule has 0 aromatic heterocycles. The molecule has 2 atom stereocenters. The summed E-state index contributed by atoms with van der Waals surface area (Å²) in [7, 11) is 0. The van der Waals surface area contributed by atoms with Gasteiger partial charge in [0.1, 0.15) is 5.75 Å². The number of aliphatic hydroxyl groups excluding tert-OH is 2. The second kappa shape index (κ2) is 6.36. The Balaban J connectivity index is 1.92. The van der Waals surface area contributed by atoms with Gasteiger partial charge in [0.25, 0.3) is 0 Å². The minimum absolute atomic E-state index is 0.197. The van der Waals surface area contributed by atoms with E-state index in [1.807, 2.05) is 30.3 Å². The first-order chi connectivity index (χ1) is 9.15. The molecule has 0 amide bonds. The van der Waals surface area contributed by atoms with Crippen molar-refractivity contribution in [3.63, 3.8) is 0 Å². The summed E-state index contributed by atoms with van der Waals surface area (Å²) in [6.45, 7) is 0. The summed E-state index contributed by atoms with van der Waals surface area (Å²) >= 11 is 0.